The number of rotatable bonds is 7. The summed E-state index contributed by atoms with van der Waals surface area (Å²) in [5.41, 5.74) is 3.17. The third-order valence-electron chi connectivity index (χ3n) is 8.09. The van der Waals surface area contributed by atoms with Crippen LogP contribution < -0.4 is 9.64 Å². The fourth-order valence-electron chi connectivity index (χ4n) is 5.91. The quantitative estimate of drug-likeness (QED) is 0.0512. The van der Waals surface area contributed by atoms with Gasteiger partial charge in [-0.2, -0.15) is 0 Å². The Morgan fingerprint density at radius 3 is 2.59 bits per heavy atom. The van der Waals surface area contributed by atoms with Crippen LogP contribution in [-0.4, -0.2) is 46.2 Å². The van der Waals surface area contributed by atoms with Crippen molar-refractivity contribution in [2.75, 3.05) is 12.0 Å². The first-order valence-corrected chi connectivity index (χ1v) is 16.3. The molecule has 1 N–H and O–H groups in total. The molecule has 46 heavy (non-hydrogen) atoms. The van der Waals surface area contributed by atoms with E-state index in [2.05, 4.69) is 34.5 Å². The van der Waals surface area contributed by atoms with Gasteiger partial charge in [-0.15, -0.1) is 10.2 Å². The minimum absolute atomic E-state index is 0.00335. The summed E-state index contributed by atoms with van der Waals surface area (Å²) in [6.07, 6.45) is 0.657. The van der Waals surface area contributed by atoms with E-state index in [9.17, 15) is 19.5 Å². The van der Waals surface area contributed by atoms with Gasteiger partial charge in [-0.25, -0.2) is 4.79 Å². The molecule has 9 nitrogen and oxygen atoms in total. The maximum atomic E-state index is 13.7. The lowest BCUT2D eigenvalue weighted by Gasteiger charge is -2.22. The summed E-state index contributed by atoms with van der Waals surface area (Å²) in [6, 6.07) is 24.9. The smallest absolute Gasteiger partial charge is 0.337 e. The molecule has 0 unspecified atom stereocenters. The molecule has 2 aliphatic rings. The van der Waals surface area contributed by atoms with E-state index in [0.717, 1.165) is 27.6 Å². The van der Waals surface area contributed by atoms with Gasteiger partial charge >= 0.3 is 11.9 Å². The normalized spacial score (nSPS) is 18.5. The number of aromatic nitrogens is 2. The number of thioether (sulfide) groups is 1. The predicted molar refractivity (Wildman–Crippen MR) is 176 cm³/mol. The van der Waals surface area contributed by atoms with Crippen molar-refractivity contribution in [3.63, 3.8) is 0 Å². The van der Waals surface area contributed by atoms with Crippen molar-refractivity contribution >= 4 is 62.4 Å². The molecule has 4 aromatic carbocycles. The van der Waals surface area contributed by atoms with Gasteiger partial charge in [-0.3, -0.25) is 14.5 Å². The third kappa shape index (κ3) is 5.31. The number of amides is 1. The third-order valence-corrected chi connectivity index (χ3v) is 10.2. The zero-order valence-electron chi connectivity index (χ0n) is 24.8. The van der Waals surface area contributed by atoms with Gasteiger partial charge in [-0.1, -0.05) is 77.7 Å². The molecule has 0 spiro atoms. The van der Waals surface area contributed by atoms with Gasteiger partial charge in [0, 0.05) is 17.7 Å². The average molecular weight is 650 g/mol. The second-order valence-corrected chi connectivity index (χ2v) is 13.2. The Kier molecular flexibility index (Phi) is 7.79. The molecule has 3 heterocycles. The summed E-state index contributed by atoms with van der Waals surface area (Å²) < 4.78 is 11.3. The maximum Gasteiger partial charge on any atom is 0.337 e. The number of aliphatic hydroxyl groups is 1. The fraction of sp³-hybridized carbons (Fsp3) is 0.171. The van der Waals surface area contributed by atoms with Crippen LogP contribution in [0.2, 0.25) is 0 Å². The van der Waals surface area contributed by atoms with Crippen LogP contribution >= 0.6 is 23.1 Å². The van der Waals surface area contributed by atoms with E-state index in [1.165, 1.54) is 35.1 Å². The molecule has 1 amide bonds. The predicted octanol–water partition coefficient (Wildman–Crippen LogP) is 6.72. The number of ketones is 1. The summed E-state index contributed by atoms with van der Waals surface area (Å²) in [4.78, 5) is 40.8. The molecule has 7 rings (SSSR count). The van der Waals surface area contributed by atoms with Crippen molar-refractivity contribution < 1.29 is 29.0 Å². The minimum Gasteiger partial charge on any atom is -0.507 e. The largest absolute Gasteiger partial charge is 0.507 e. The van der Waals surface area contributed by atoms with Crippen LogP contribution in [0.15, 0.2) is 94.8 Å². The highest BCUT2D eigenvalue weighted by molar-refractivity contribution is 8.00. The molecule has 5 aromatic rings. The zero-order chi connectivity index (χ0) is 31.9. The number of fused-ring (bicyclic) bond motifs is 2. The van der Waals surface area contributed by atoms with Crippen LogP contribution in [0.1, 0.15) is 45.6 Å². The molecule has 0 radical (unpaired) electrons. The van der Waals surface area contributed by atoms with Crippen LogP contribution in [0.5, 0.6) is 5.75 Å². The van der Waals surface area contributed by atoms with Crippen LogP contribution in [0.25, 0.3) is 16.5 Å². The number of Topliss-reactive ketones (excluding diaryl/α,β-unsaturated/α-hetero) is 1. The fourth-order valence-corrected chi connectivity index (χ4v) is 7.78. The lowest BCUT2D eigenvalue weighted by Crippen LogP contribution is -2.29. The summed E-state index contributed by atoms with van der Waals surface area (Å²) in [5.74, 6) is -1.14. The lowest BCUT2D eigenvalue weighted by molar-refractivity contribution is -0.132. The topological polar surface area (TPSA) is 119 Å². The van der Waals surface area contributed by atoms with Gasteiger partial charge in [0.1, 0.15) is 17.6 Å². The van der Waals surface area contributed by atoms with Gasteiger partial charge in [0.05, 0.1) is 24.3 Å². The molecule has 1 saturated heterocycles. The Hall–Kier alpha value is -5.00. The van der Waals surface area contributed by atoms with E-state index in [1.54, 1.807) is 42.5 Å². The first-order chi connectivity index (χ1) is 22.3. The second kappa shape index (κ2) is 12.1. The molecule has 0 saturated carbocycles. The molecular formula is C35H27N3O6S2. The van der Waals surface area contributed by atoms with E-state index in [-0.39, 0.29) is 22.6 Å². The van der Waals surface area contributed by atoms with Crippen molar-refractivity contribution in [3.8, 4) is 5.75 Å². The summed E-state index contributed by atoms with van der Waals surface area (Å²) >= 11 is 2.68. The minimum atomic E-state index is -1.01. The van der Waals surface area contributed by atoms with E-state index in [0.29, 0.717) is 33.2 Å². The molecule has 0 bridgehead atoms. The molecule has 1 fully saturated rings. The van der Waals surface area contributed by atoms with E-state index < -0.39 is 23.7 Å². The van der Waals surface area contributed by atoms with Crippen molar-refractivity contribution in [2.24, 2.45) is 0 Å². The molecule has 11 heteroatoms. The first-order valence-electron chi connectivity index (χ1n) is 14.5. The van der Waals surface area contributed by atoms with Crippen molar-refractivity contribution in [1.82, 2.24) is 10.2 Å². The SMILES string of the molecule is COC(=O)c1ccc([C@H]2/C(=C(\O)c3ccc4c(c3)C[C@@H](C)O4)C(=O)C(=O)N2c2nnc(SCc3cccc4ccccc34)s2)cc1. The van der Waals surface area contributed by atoms with Gasteiger partial charge in [0.2, 0.25) is 5.13 Å². The Balaban J connectivity index is 1.26. The highest BCUT2D eigenvalue weighted by atomic mass is 32.2. The number of carbonyl (C=O) groups is 3. The van der Waals surface area contributed by atoms with Crippen LogP contribution in [-0.2, 0) is 26.5 Å². The van der Waals surface area contributed by atoms with Gasteiger partial charge in [-0.05, 0) is 64.7 Å². The monoisotopic (exact) mass is 649 g/mol. The number of methoxy groups -OCH3 is 1. The molecule has 230 valence electrons. The second-order valence-electron chi connectivity index (χ2n) is 11.0. The summed E-state index contributed by atoms with van der Waals surface area (Å²) in [6.45, 7) is 1.96. The Bertz CT molecular complexity index is 2050. The highest BCUT2D eigenvalue weighted by Crippen LogP contribution is 2.45. The van der Waals surface area contributed by atoms with Gasteiger partial charge < -0.3 is 14.6 Å². The number of benzene rings is 4. The summed E-state index contributed by atoms with van der Waals surface area (Å²) in [5, 5.41) is 22.8. The Labute approximate surface area is 272 Å². The van der Waals surface area contributed by atoms with Crippen molar-refractivity contribution in [2.45, 2.75) is 35.6 Å². The van der Waals surface area contributed by atoms with Gasteiger partial charge in [0.25, 0.3) is 5.78 Å². The molecule has 2 atom stereocenters. The standard InChI is InChI=1S/C35H27N3O6S2/c1-19-16-25-17-23(14-15-27(25)44-19)30(39)28-29(21-10-12-22(13-11-21)33(42)43-2)38(32(41)31(28)40)34-36-37-35(46-34)45-18-24-8-5-7-20-6-3-4-9-26(20)24/h3-15,17,19,29,39H,16,18H2,1-2H3/b30-28+/t19-,29+/m1/s1. The number of esters is 1. The number of ether oxygens (including phenoxy) is 2. The number of hydrogen-bond acceptors (Lipinski definition) is 10. The lowest BCUT2D eigenvalue weighted by atomic mass is 9.94. The first kappa shape index (κ1) is 29.7. The number of anilines is 1. The number of hydrogen-bond donors (Lipinski definition) is 1. The highest BCUT2D eigenvalue weighted by Gasteiger charge is 2.48. The number of aliphatic hydroxyl groups excluding tert-OH is 1. The van der Waals surface area contributed by atoms with Crippen LogP contribution in [0.3, 0.4) is 0 Å². The number of nitrogens with zero attached hydrogens (tertiary/aromatic N) is 3. The maximum absolute atomic E-state index is 13.7. The van der Waals surface area contributed by atoms with Crippen LogP contribution in [0.4, 0.5) is 5.13 Å². The number of carbonyl (C=O) groups excluding carboxylic acids is 3. The van der Waals surface area contributed by atoms with E-state index in [4.69, 9.17) is 9.47 Å². The van der Waals surface area contributed by atoms with Crippen molar-refractivity contribution in [3.05, 3.63) is 118 Å². The molecule has 2 aliphatic heterocycles. The van der Waals surface area contributed by atoms with Crippen molar-refractivity contribution in [1.29, 1.82) is 0 Å². The zero-order valence-corrected chi connectivity index (χ0v) is 26.4. The molecule has 1 aromatic heterocycles. The Morgan fingerprint density at radius 2 is 1.78 bits per heavy atom. The summed E-state index contributed by atoms with van der Waals surface area (Å²) in [7, 11) is 1.29. The van der Waals surface area contributed by atoms with Gasteiger partial charge in [0.15, 0.2) is 4.34 Å². The van der Waals surface area contributed by atoms with E-state index >= 15 is 0 Å². The van der Waals surface area contributed by atoms with Crippen LogP contribution in [0, 0.1) is 0 Å². The molecular weight excluding hydrogens is 623 g/mol. The average Bonchev–Trinajstić information content (AvgIpc) is 3.77. The molecule has 0 aliphatic carbocycles. The Morgan fingerprint density at radius 1 is 1.02 bits per heavy atom. The van der Waals surface area contributed by atoms with E-state index in [1.807, 2.05) is 25.1 Å².